The lowest BCUT2D eigenvalue weighted by Crippen LogP contribution is -2.23. The van der Waals surface area contributed by atoms with Gasteiger partial charge in [-0.1, -0.05) is 18.2 Å². The number of ether oxygens (including phenoxy) is 1. The standard InChI is InChI=1S/C24H18F3N3O2S/c25-24(26,27)20-4-2-1-3-18(20)14-32-19-7-5-17(6-8-19)23-30-21(15-33-23)22(31)29-13-16-9-11-28-12-10-16/h1-12,15H,13-14H2,(H,29,31). The first-order valence-electron chi connectivity index (χ1n) is 9.91. The number of nitrogens with one attached hydrogen (secondary N) is 1. The second kappa shape index (κ2) is 9.83. The Morgan fingerprint density at radius 3 is 2.45 bits per heavy atom. The van der Waals surface area contributed by atoms with Crippen LogP contribution in [0, 0.1) is 0 Å². The number of hydrogen-bond acceptors (Lipinski definition) is 5. The van der Waals surface area contributed by atoms with E-state index in [4.69, 9.17) is 4.74 Å². The van der Waals surface area contributed by atoms with E-state index in [9.17, 15) is 18.0 Å². The number of aromatic nitrogens is 2. The highest BCUT2D eigenvalue weighted by molar-refractivity contribution is 7.13. The number of amides is 1. The van der Waals surface area contributed by atoms with Gasteiger partial charge in [0.05, 0.1) is 5.56 Å². The van der Waals surface area contributed by atoms with Crippen molar-refractivity contribution in [3.63, 3.8) is 0 Å². The number of benzene rings is 2. The Morgan fingerprint density at radius 1 is 1.00 bits per heavy atom. The van der Waals surface area contributed by atoms with Gasteiger partial charge < -0.3 is 10.1 Å². The predicted molar refractivity (Wildman–Crippen MR) is 119 cm³/mol. The summed E-state index contributed by atoms with van der Waals surface area (Å²) in [6, 6.07) is 15.8. The van der Waals surface area contributed by atoms with Gasteiger partial charge in [0.25, 0.3) is 5.91 Å². The summed E-state index contributed by atoms with van der Waals surface area (Å²) in [5.74, 6) is 0.153. The molecule has 0 unspecified atom stereocenters. The molecule has 1 amide bonds. The topological polar surface area (TPSA) is 64.1 Å². The van der Waals surface area contributed by atoms with Crippen molar-refractivity contribution in [2.24, 2.45) is 0 Å². The summed E-state index contributed by atoms with van der Waals surface area (Å²) < 4.78 is 44.9. The van der Waals surface area contributed by atoms with Crippen LogP contribution in [-0.4, -0.2) is 15.9 Å². The maximum atomic E-state index is 13.1. The molecule has 2 aromatic heterocycles. The third-order valence-corrected chi connectivity index (χ3v) is 5.65. The van der Waals surface area contributed by atoms with Crippen LogP contribution >= 0.6 is 11.3 Å². The summed E-state index contributed by atoms with van der Waals surface area (Å²) in [5, 5.41) is 5.14. The molecule has 0 saturated heterocycles. The van der Waals surface area contributed by atoms with Gasteiger partial charge >= 0.3 is 6.18 Å². The minimum Gasteiger partial charge on any atom is -0.489 e. The highest BCUT2D eigenvalue weighted by atomic mass is 32.1. The zero-order chi connectivity index (χ0) is 23.3. The van der Waals surface area contributed by atoms with Crippen molar-refractivity contribution in [3.8, 4) is 16.3 Å². The van der Waals surface area contributed by atoms with E-state index in [-0.39, 0.29) is 18.1 Å². The Labute approximate surface area is 191 Å². The first-order chi connectivity index (χ1) is 15.9. The zero-order valence-electron chi connectivity index (χ0n) is 17.2. The first kappa shape index (κ1) is 22.5. The van der Waals surface area contributed by atoms with Gasteiger partial charge in [0.2, 0.25) is 0 Å². The zero-order valence-corrected chi connectivity index (χ0v) is 18.0. The van der Waals surface area contributed by atoms with Crippen molar-refractivity contribution >= 4 is 17.2 Å². The number of halogens is 3. The van der Waals surface area contributed by atoms with Crippen LogP contribution in [0.15, 0.2) is 78.4 Å². The average Bonchev–Trinajstić information content (AvgIpc) is 3.32. The number of carbonyl (C=O) groups excluding carboxylic acids is 1. The third-order valence-electron chi connectivity index (χ3n) is 4.76. The lowest BCUT2D eigenvalue weighted by molar-refractivity contribution is -0.138. The van der Waals surface area contributed by atoms with E-state index in [1.165, 1.54) is 23.5 Å². The van der Waals surface area contributed by atoms with Crippen LogP contribution in [-0.2, 0) is 19.3 Å². The number of pyridine rings is 1. The smallest absolute Gasteiger partial charge is 0.416 e. The Balaban J connectivity index is 1.37. The third kappa shape index (κ3) is 5.75. The van der Waals surface area contributed by atoms with Crippen LogP contribution in [0.3, 0.4) is 0 Å². The summed E-state index contributed by atoms with van der Waals surface area (Å²) in [6.07, 6.45) is -1.12. The van der Waals surface area contributed by atoms with Crippen molar-refractivity contribution in [2.45, 2.75) is 19.3 Å². The van der Waals surface area contributed by atoms with Crippen LogP contribution in [0.1, 0.15) is 27.2 Å². The SMILES string of the molecule is O=C(NCc1ccncc1)c1csc(-c2ccc(OCc3ccccc3C(F)(F)F)cc2)n1. The maximum absolute atomic E-state index is 13.1. The molecule has 4 rings (SSSR count). The van der Waals surface area contributed by atoms with E-state index in [0.29, 0.717) is 23.0 Å². The highest BCUT2D eigenvalue weighted by Crippen LogP contribution is 2.32. The molecule has 9 heteroatoms. The lowest BCUT2D eigenvalue weighted by atomic mass is 10.1. The molecule has 0 aliphatic rings. The molecule has 0 bridgehead atoms. The molecule has 168 valence electrons. The lowest BCUT2D eigenvalue weighted by Gasteiger charge is -2.13. The molecule has 0 spiro atoms. The van der Waals surface area contributed by atoms with E-state index in [1.807, 2.05) is 12.1 Å². The van der Waals surface area contributed by atoms with E-state index < -0.39 is 11.7 Å². The number of rotatable bonds is 7. The highest BCUT2D eigenvalue weighted by Gasteiger charge is 2.32. The first-order valence-corrected chi connectivity index (χ1v) is 10.8. The van der Waals surface area contributed by atoms with E-state index in [0.717, 1.165) is 17.2 Å². The van der Waals surface area contributed by atoms with E-state index in [2.05, 4.69) is 15.3 Å². The number of carbonyl (C=O) groups is 1. The molecule has 0 fully saturated rings. The van der Waals surface area contributed by atoms with Gasteiger partial charge in [0.15, 0.2) is 0 Å². The molecule has 0 atom stereocenters. The molecule has 0 aliphatic carbocycles. The van der Waals surface area contributed by atoms with Crippen LogP contribution < -0.4 is 10.1 Å². The maximum Gasteiger partial charge on any atom is 0.416 e. The van der Waals surface area contributed by atoms with Crippen molar-refractivity contribution < 1.29 is 22.7 Å². The molecule has 2 aromatic carbocycles. The molecule has 0 aliphatic heterocycles. The second-order valence-electron chi connectivity index (χ2n) is 7.04. The van der Waals surface area contributed by atoms with Crippen LogP contribution in [0.25, 0.3) is 10.6 Å². The number of alkyl halides is 3. The quantitative estimate of drug-likeness (QED) is 0.375. The average molecular weight is 469 g/mol. The molecule has 0 radical (unpaired) electrons. The van der Waals surface area contributed by atoms with Gasteiger partial charge in [-0.3, -0.25) is 9.78 Å². The van der Waals surface area contributed by atoms with Gasteiger partial charge in [0.1, 0.15) is 23.1 Å². The van der Waals surface area contributed by atoms with Crippen molar-refractivity contribution in [2.75, 3.05) is 0 Å². The van der Waals surface area contributed by atoms with Crippen LogP contribution in [0.4, 0.5) is 13.2 Å². The molecule has 5 nitrogen and oxygen atoms in total. The van der Waals surface area contributed by atoms with Crippen LogP contribution in [0.5, 0.6) is 5.75 Å². The molecular weight excluding hydrogens is 451 g/mol. The number of nitrogens with zero attached hydrogens (tertiary/aromatic N) is 2. The van der Waals surface area contributed by atoms with Gasteiger partial charge in [-0.25, -0.2) is 4.98 Å². The van der Waals surface area contributed by atoms with Gasteiger partial charge in [-0.2, -0.15) is 13.2 Å². The molecule has 33 heavy (non-hydrogen) atoms. The fourth-order valence-corrected chi connectivity index (χ4v) is 3.87. The van der Waals surface area contributed by atoms with E-state index >= 15 is 0 Å². The Bertz CT molecular complexity index is 1230. The predicted octanol–water partition coefficient (Wildman–Crippen LogP) is 5.73. The Hall–Kier alpha value is -3.72. The largest absolute Gasteiger partial charge is 0.489 e. The molecule has 4 aromatic rings. The molecule has 0 saturated carbocycles. The fourth-order valence-electron chi connectivity index (χ4n) is 3.06. The van der Waals surface area contributed by atoms with E-state index in [1.54, 1.807) is 48.1 Å². The minimum atomic E-state index is -4.43. The Morgan fingerprint density at radius 2 is 1.73 bits per heavy atom. The van der Waals surface area contributed by atoms with Gasteiger partial charge in [-0.05, 0) is 48.0 Å². The summed E-state index contributed by atoms with van der Waals surface area (Å²) in [4.78, 5) is 20.7. The Kier molecular flexibility index (Phi) is 6.69. The fraction of sp³-hybridized carbons (Fsp3) is 0.125. The van der Waals surface area contributed by atoms with Crippen LogP contribution in [0.2, 0.25) is 0 Å². The second-order valence-corrected chi connectivity index (χ2v) is 7.90. The monoisotopic (exact) mass is 469 g/mol. The summed E-state index contributed by atoms with van der Waals surface area (Å²) >= 11 is 1.33. The van der Waals surface area contributed by atoms with Gasteiger partial charge in [-0.15, -0.1) is 11.3 Å². The number of hydrogen-bond donors (Lipinski definition) is 1. The summed E-state index contributed by atoms with van der Waals surface area (Å²) in [5.41, 5.74) is 1.38. The minimum absolute atomic E-state index is 0.0661. The molecule has 2 heterocycles. The number of thiazole rings is 1. The normalized spacial score (nSPS) is 11.2. The van der Waals surface area contributed by atoms with Crippen molar-refractivity contribution in [3.05, 3.63) is 101 Å². The summed E-state index contributed by atoms with van der Waals surface area (Å²) in [6.45, 7) is 0.172. The van der Waals surface area contributed by atoms with Crippen molar-refractivity contribution in [1.82, 2.24) is 15.3 Å². The molecule has 1 N–H and O–H groups in total. The van der Waals surface area contributed by atoms with Crippen molar-refractivity contribution in [1.29, 1.82) is 0 Å². The van der Waals surface area contributed by atoms with Gasteiger partial charge in [0, 0.05) is 35.4 Å². The summed E-state index contributed by atoms with van der Waals surface area (Å²) in [7, 11) is 0. The molecular formula is C24H18F3N3O2S.